The molecule has 3 N–H and O–H groups in total. The number of benzene rings is 1. The minimum absolute atomic E-state index is 0.102. The summed E-state index contributed by atoms with van der Waals surface area (Å²) in [4.78, 5) is 17.8. The van der Waals surface area contributed by atoms with E-state index in [1.807, 2.05) is 29.3 Å². The van der Waals surface area contributed by atoms with Gasteiger partial charge in [0.25, 0.3) is 0 Å². The quantitative estimate of drug-likeness (QED) is 0.856. The van der Waals surface area contributed by atoms with E-state index < -0.39 is 6.04 Å². The monoisotopic (exact) mass is 285 g/mol. The molecule has 4 nitrogen and oxygen atoms in total. The summed E-state index contributed by atoms with van der Waals surface area (Å²) in [5.41, 5.74) is 8.41. The summed E-state index contributed by atoms with van der Waals surface area (Å²) in [5.74, 6) is 0.102. The summed E-state index contributed by atoms with van der Waals surface area (Å²) in [6.07, 6.45) is 5.81. The SMILES string of the molecule is CCCN(C(=O)C(N)Cc1c[nH]c2ccccc12)C1CC1. The molecular formula is C17H23N3O. The van der Waals surface area contributed by atoms with E-state index in [1.54, 1.807) is 0 Å². The molecule has 1 atom stereocenters. The molecule has 0 aliphatic heterocycles. The van der Waals surface area contributed by atoms with E-state index in [4.69, 9.17) is 5.73 Å². The number of hydrogen-bond donors (Lipinski definition) is 2. The standard InChI is InChI=1S/C17H23N3O/c1-2-9-20(13-7-8-13)17(21)15(18)10-12-11-19-16-6-4-3-5-14(12)16/h3-6,11,13,15,19H,2,7-10,18H2,1H3. The fourth-order valence-corrected chi connectivity index (χ4v) is 2.94. The highest BCUT2D eigenvalue weighted by Crippen LogP contribution is 2.28. The fourth-order valence-electron chi connectivity index (χ4n) is 2.94. The Hall–Kier alpha value is -1.81. The lowest BCUT2D eigenvalue weighted by Gasteiger charge is -2.25. The van der Waals surface area contributed by atoms with Crippen LogP contribution in [0, 0.1) is 0 Å². The molecule has 1 heterocycles. The maximum atomic E-state index is 12.6. The molecule has 1 amide bonds. The number of amides is 1. The molecule has 0 bridgehead atoms. The number of nitrogens with zero attached hydrogens (tertiary/aromatic N) is 1. The average molecular weight is 285 g/mol. The number of rotatable bonds is 6. The Labute approximate surface area is 125 Å². The largest absolute Gasteiger partial charge is 0.361 e. The smallest absolute Gasteiger partial charge is 0.240 e. The minimum Gasteiger partial charge on any atom is -0.361 e. The van der Waals surface area contributed by atoms with Crippen LogP contribution in [-0.4, -0.2) is 34.4 Å². The van der Waals surface area contributed by atoms with Crippen LogP contribution in [0.3, 0.4) is 0 Å². The molecule has 0 radical (unpaired) electrons. The molecule has 4 heteroatoms. The van der Waals surface area contributed by atoms with Gasteiger partial charge < -0.3 is 15.6 Å². The van der Waals surface area contributed by atoms with Crippen molar-refractivity contribution >= 4 is 16.8 Å². The Balaban J connectivity index is 1.73. The van der Waals surface area contributed by atoms with E-state index in [1.165, 1.54) is 0 Å². The van der Waals surface area contributed by atoms with E-state index in [0.29, 0.717) is 12.5 Å². The van der Waals surface area contributed by atoms with Crippen molar-refractivity contribution < 1.29 is 4.79 Å². The van der Waals surface area contributed by atoms with E-state index in [-0.39, 0.29) is 5.91 Å². The first-order chi connectivity index (χ1) is 10.2. The van der Waals surface area contributed by atoms with Crippen LogP contribution in [-0.2, 0) is 11.2 Å². The average Bonchev–Trinajstić information content (AvgIpc) is 3.26. The summed E-state index contributed by atoms with van der Waals surface area (Å²) in [7, 11) is 0. The zero-order valence-electron chi connectivity index (χ0n) is 12.5. The van der Waals surface area contributed by atoms with Gasteiger partial charge in [-0.1, -0.05) is 25.1 Å². The Morgan fingerprint density at radius 1 is 1.43 bits per heavy atom. The molecule has 21 heavy (non-hydrogen) atoms. The van der Waals surface area contributed by atoms with Gasteiger partial charge in [0.05, 0.1) is 6.04 Å². The number of hydrogen-bond acceptors (Lipinski definition) is 2. The van der Waals surface area contributed by atoms with Gasteiger partial charge in [0, 0.05) is 29.7 Å². The first-order valence-electron chi connectivity index (χ1n) is 7.81. The number of carbonyl (C=O) groups excluding carboxylic acids is 1. The van der Waals surface area contributed by atoms with Gasteiger partial charge in [0.1, 0.15) is 0 Å². The van der Waals surface area contributed by atoms with Crippen molar-refractivity contribution in [3.8, 4) is 0 Å². The van der Waals surface area contributed by atoms with Gasteiger partial charge in [-0.05, 0) is 37.3 Å². The maximum Gasteiger partial charge on any atom is 0.240 e. The molecule has 3 rings (SSSR count). The summed E-state index contributed by atoms with van der Waals surface area (Å²) >= 11 is 0. The van der Waals surface area contributed by atoms with Gasteiger partial charge in [-0.25, -0.2) is 0 Å². The van der Waals surface area contributed by atoms with Crippen LogP contribution in [0.2, 0.25) is 0 Å². The molecule has 1 fully saturated rings. The molecule has 1 aliphatic carbocycles. The topological polar surface area (TPSA) is 62.1 Å². The number of aromatic amines is 1. The first kappa shape index (κ1) is 14.1. The van der Waals surface area contributed by atoms with Gasteiger partial charge in [0.2, 0.25) is 5.91 Å². The molecule has 0 saturated heterocycles. The highest BCUT2D eigenvalue weighted by molar-refractivity contribution is 5.86. The number of nitrogens with two attached hydrogens (primary N) is 1. The van der Waals surface area contributed by atoms with Gasteiger partial charge in [-0.2, -0.15) is 0 Å². The van der Waals surface area contributed by atoms with E-state index in [2.05, 4.69) is 18.0 Å². The second-order valence-electron chi connectivity index (χ2n) is 5.93. The van der Waals surface area contributed by atoms with Crippen molar-refractivity contribution in [2.75, 3.05) is 6.54 Å². The summed E-state index contributed by atoms with van der Waals surface area (Å²) in [6, 6.07) is 8.12. The van der Waals surface area contributed by atoms with Crippen LogP contribution in [0.15, 0.2) is 30.5 Å². The third-order valence-electron chi connectivity index (χ3n) is 4.17. The highest BCUT2D eigenvalue weighted by Gasteiger charge is 2.34. The van der Waals surface area contributed by atoms with E-state index >= 15 is 0 Å². The first-order valence-corrected chi connectivity index (χ1v) is 7.81. The van der Waals surface area contributed by atoms with Crippen LogP contribution in [0.4, 0.5) is 0 Å². The summed E-state index contributed by atoms with van der Waals surface area (Å²) in [5, 5.41) is 1.16. The second-order valence-corrected chi connectivity index (χ2v) is 5.93. The second kappa shape index (κ2) is 5.90. The van der Waals surface area contributed by atoms with Crippen LogP contribution in [0.25, 0.3) is 10.9 Å². The van der Waals surface area contributed by atoms with Gasteiger partial charge in [0.15, 0.2) is 0 Å². The molecule has 1 aliphatic rings. The van der Waals surface area contributed by atoms with Gasteiger partial charge >= 0.3 is 0 Å². The zero-order valence-corrected chi connectivity index (χ0v) is 12.5. The van der Waals surface area contributed by atoms with Gasteiger partial charge in [-0.15, -0.1) is 0 Å². The van der Waals surface area contributed by atoms with Crippen LogP contribution < -0.4 is 5.73 Å². The molecule has 0 spiro atoms. The molecule has 112 valence electrons. The molecule has 1 aromatic heterocycles. The van der Waals surface area contributed by atoms with Crippen molar-refractivity contribution in [1.29, 1.82) is 0 Å². The third-order valence-corrected chi connectivity index (χ3v) is 4.17. The molecule has 1 saturated carbocycles. The molecule has 1 aromatic carbocycles. The van der Waals surface area contributed by atoms with Crippen LogP contribution in [0.1, 0.15) is 31.7 Å². The van der Waals surface area contributed by atoms with Crippen molar-refractivity contribution in [3.63, 3.8) is 0 Å². The molecular weight excluding hydrogens is 262 g/mol. The van der Waals surface area contributed by atoms with Crippen LogP contribution >= 0.6 is 0 Å². The third kappa shape index (κ3) is 2.95. The van der Waals surface area contributed by atoms with E-state index in [0.717, 1.165) is 42.3 Å². The number of aromatic nitrogens is 1. The van der Waals surface area contributed by atoms with Crippen LogP contribution in [0.5, 0.6) is 0 Å². The van der Waals surface area contributed by atoms with Crippen molar-refractivity contribution in [2.45, 2.75) is 44.7 Å². The predicted octanol–water partition coefficient (Wildman–Crippen LogP) is 2.44. The maximum absolute atomic E-state index is 12.6. The summed E-state index contributed by atoms with van der Waals surface area (Å²) in [6.45, 7) is 2.93. The number of para-hydroxylation sites is 1. The lowest BCUT2D eigenvalue weighted by atomic mass is 10.0. The predicted molar refractivity (Wildman–Crippen MR) is 85.0 cm³/mol. The Kier molecular flexibility index (Phi) is 3.97. The van der Waals surface area contributed by atoms with Crippen molar-refractivity contribution in [2.24, 2.45) is 5.73 Å². The fraction of sp³-hybridized carbons (Fsp3) is 0.471. The Bertz CT molecular complexity index is 630. The number of fused-ring (bicyclic) bond motifs is 1. The highest BCUT2D eigenvalue weighted by atomic mass is 16.2. The minimum atomic E-state index is -0.448. The number of nitrogens with one attached hydrogen (secondary N) is 1. The Morgan fingerprint density at radius 3 is 2.90 bits per heavy atom. The number of H-pyrrole nitrogens is 1. The molecule has 1 unspecified atom stereocenters. The van der Waals surface area contributed by atoms with E-state index in [9.17, 15) is 4.79 Å². The summed E-state index contributed by atoms with van der Waals surface area (Å²) < 4.78 is 0. The zero-order chi connectivity index (χ0) is 14.8. The lowest BCUT2D eigenvalue weighted by molar-refractivity contribution is -0.133. The van der Waals surface area contributed by atoms with Gasteiger partial charge in [-0.3, -0.25) is 4.79 Å². The lowest BCUT2D eigenvalue weighted by Crippen LogP contribution is -2.46. The van der Waals surface area contributed by atoms with Crippen molar-refractivity contribution in [1.82, 2.24) is 9.88 Å². The van der Waals surface area contributed by atoms with Crippen molar-refractivity contribution in [3.05, 3.63) is 36.0 Å². The number of carbonyl (C=O) groups is 1. The Morgan fingerprint density at radius 2 is 2.19 bits per heavy atom. The molecule has 2 aromatic rings. The normalized spacial score (nSPS) is 16.1.